The van der Waals surface area contributed by atoms with Crippen molar-refractivity contribution in [1.82, 2.24) is 20.4 Å². The second-order valence-corrected chi connectivity index (χ2v) is 30.2. The first-order chi connectivity index (χ1) is 53.6. The van der Waals surface area contributed by atoms with Crippen LogP contribution >= 0.6 is 0 Å². The maximum Gasteiger partial charge on any atom is 0.328 e. The number of amides is 2. The molecule has 1 saturated carbocycles. The van der Waals surface area contributed by atoms with E-state index in [-0.39, 0.29) is 122 Å². The Morgan fingerprint density at radius 2 is 1.30 bits per heavy atom. The van der Waals surface area contributed by atoms with Crippen molar-refractivity contribution in [3.63, 3.8) is 0 Å². The van der Waals surface area contributed by atoms with Gasteiger partial charge in [-0.15, -0.1) is 0 Å². The molecule has 1 spiro atoms. The van der Waals surface area contributed by atoms with Gasteiger partial charge in [-0.2, -0.15) is 0 Å². The predicted molar refractivity (Wildman–Crippen MR) is 409 cm³/mol. The van der Waals surface area contributed by atoms with Crippen LogP contribution in [0.2, 0.25) is 0 Å². The molecule has 2 saturated heterocycles. The number of nitrogens with zero attached hydrogens (tertiary/aromatic N) is 3. The van der Waals surface area contributed by atoms with Crippen molar-refractivity contribution in [2.24, 2.45) is 11.3 Å². The fourth-order valence-electron chi connectivity index (χ4n) is 17.7. The van der Waals surface area contributed by atoms with Gasteiger partial charge in [-0.1, -0.05) is 71.0 Å². The number of aliphatic hydroxyl groups is 7. The first kappa shape index (κ1) is 92.4. The van der Waals surface area contributed by atoms with Gasteiger partial charge in [-0.25, -0.2) is 4.79 Å². The molecule has 3 fully saturated rings. The van der Waals surface area contributed by atoms with Crippen LogP contribution in [-0.4, -0.2) is 293 Å². The molecule has 12 unspecified atom stereocenters. The normalized spacial score (nSPS) is 27.1. The molecule has 2 bridgehead atoms. The molecule has 17 atom stereocenters. The minimum atomic E-state index is -2.41. The quantitative estimate of drug-likeness (QED) is 0.0149. The maximum atomic E-state index is 15.6. The molecule has 0 radical (unpaired) electrons. The third-order valence-electron chi connectivity index (χ3n) is 23.4. The number of carbonyl (C=O) groups is 7. The van der Waals surface area contributed by atoms with E-state index in [0.29, 0.717) is 114 Å². The zero-order valence-corrected chi connectivity index (χ0v) is 67.5. The van der Waals surface area contributed by atoms with Crippen molar-refractivity contribution >= 4 is 52.9 Å². The van der Waals surface area contributed by atoms with E-state index < -0.39 is 112 Å². The van der Waals surface area contributed by atoms with E-state index in [9.17, 15) is 44.4 Å². The molecule has 7 aliphatic rings. The number of aliphatic hydroxyl groups excluding tert-OH is 5. The first-order valence-electron chi connectivity index (χ1n) is 39.5. The summed E-state index contributed by atoms with van der Waals surface area (Å²) < 4.78 is 59.0. The van der Waals surface area contributed by atoms with Gasteiger partial charge in [0.15, 0.2) is 24.5 Å². The summed E-state index contributed by atoms with van der Waals surface area (Å²) in [5.74, 6) is -4.03. The number of nitrogens with one attached hydrogen (secondary N) is 2. The summed E-state index contributed by atoms with van der Waals surface area (Å²) in [4.78, 5) is 97.1. The standard InChI is InChI=1S/C62H87N5O15.C12H22O7.C7H16O4/c1-9-41(35-68)82-51(78-7)36-81-50(70)20-14-19-49(69)64-38(4)52(71)80-28-16-24-63-56(73)62(76)54-60(23-27-67-25-15-22-59(11-3,53(60)67)55(62)72)45-30-46(48(77-6)31-47(45)65(54)5)61(57(74)79-8)33-39-32-58(75,10-2)37-66(34-39)26-21-43-42-18-13-12-17-40(42)29-44(43)61;1-3-9(7-13)19-12(17-2)8-18-11(16)6-4-5-10(14)15;1-3-6(4-8)11-7(5-9)10-2/h12-13,15,17-18,22,30-31,38-39,41,51,53-55,68,72,75-76H,9-11,14,16,19-21,23-29,32-37H2,1-8H3,(H,63,73)(H,64,69);9,12-13H,3-8H2,1-2H3,(H,14,15);6-9H,3-5H2,1-2H3/t38-,39?,41?,51?,53?,54?,55-,58?,59-,60?,61-,62+;;/m1../s1. The number of carboxylic acid groups (broad SMARTS) is 1. The molecule has 2 aliphatic carbocycles. The lowest BCUT2D eigenvalue weighted by atomic mass is 9.47. The van der Waals surface area contributed by atoms with Crippen LogP contribution in [0.3, 0.4) is 0 Å². The van der Waals surface area contributed by atoms with Crippen molar-refractivity contribution in [3.8, 4) is 5.75 Å². The number of likely N-dealkylation sites (N-methyl/N-ethyl adjacent to an activating group) is 1. The zero-order valence-electron chi connectivity index (χ0n) is 67.5. The highest BCUT2D eigenvalue weighted by atomic mass is 16.7. The number of rotatable bonds is 40. The van der Waals surface area contributed by atoms with Crippen LogP contribution in [0.5, 0.6) is 5.75 Å². The van der Waals surface area contributed by atoms with Gasteiger partial charge in [0.05, 0.1) is 77.2 Å². The van der Waals surface area contributed by atoms with Gasteiger partial charge in [0, 0.05) is 121 Å². The summed E-state index contributed by atoms with van der Waals surface area (Å²) in [6, 6.07) is 10.0. The summed E-state index contributed by atoms with van der Waals surface area (Å²) in [7, 11) is 9.14. The van der Waals surface area contributed by atoms with Crippen LogP contribution in [-0.2, 0) is 98.2 Å². The fourth-order valence-corrected chi connectivity index (χ4v) is 17.7. The van der Waals surface area contributed by atoms with Crippen molar-refractivity contribution in [1.29, 1.82) is 0 Å². The van der Waals surface area contributed by atoms with Gasteiger partial charge in [0.1, 0.15) is 36.5 Å². The number of esters is 4. The van der Waals surface area contributed by atoms with Gasteiger partial charge >= 0.3 is 29.8 Å². The van der Waals surface area contributed by atoms with E-state index >= 15 is 9.59 Å². The summed E-state index contributed by atoms with van der Waals surface area (Å²) in [5, 5.41) is 88.3. The number of methoxy groups -OCH3 is 5. The van der Waals surface area contributed by atoms with E-state index in [1.54, 1.807) is 7.11 Å². The Kier molecular flexibility index (Phi) is 35.2. The Hall–Kier alpha value is -6.79. The predicted octanol–water partition coefficient (Wildman–Crippen LogP) is 3.89. The monoisotopic (exact) mass is 1580 g/mol. The van der Waals surface area contributed by atoms with Gasteiger partial charge in [-0.05, 0) is 137 Å². The first-order valence-corrected chi connectivity index (χ1v) is 39.5. The molecular formula is C81H125N5O26. The third-order valence-corrected chi connectivity index (χ3v) is 23.4. The van der Waals surface area contributed by atoms with E-state index in [0.717, 1.165) is 27.8 Å². The van der Waals surface area contributed by atoms with Crippen LogP contribution in [0.4, 0.5) is 5.69 Å². The summed E-state index contributed by atoms with van der Waals surface area (Å²) in [6.45, 7) is 13.2. The minimum Gasteiger partial charge on any atom is -0.496 e. The van der Waals surface area contributed by atoms with Crippen molar-refractivity contribution in [2.75, 3.05) is 133 Å². The highest BCUT2D eigenvalue weighted by molar-refractivity contribution is 5.96. The number of benzene rings is 2. The smallest absolute Gasteiger partial charge is 0.328 e. The SMILES string of the molecule is CCC(CO)OC(CO)OC.CCC(CO)OC(COC(=O)CCCC(=O)N[C@H](C)C(=O)OCCCNC(=O)[C@]1(O)C2N(C)c3cc(OC)c([C@@]4(C(=O)OC)CC5CN(CCC6=C4Cc4ccccc46)CC(O)(CC)C5)cc3C23CCN2CC=C[C@](CC)(C23)[C@H]1O)OC.CCC(CO)OC(COC(=O)CCCC(=O)O)OC. The van der Waals surface area contributed by atoms with Crippen LogP contribution in [0.15, 0.2) is 54.1 Å². The lowest BCUT2D eigenvalue weighted by Crippen LogP contribution is -2.81. The minimum absolute atomic E-state index is 0.0258. The molecule has 0 aromatic heterocycles. The number of piperidine rings is 1. The second-order valence-electron chi connectivity index (χ2n) is 30.2. The van der Waals surface area contributed by atoms with E-state index in [1.807, 2.05) is 76.9 Å². The highest BCUT2D eigenvalue weighted by Crippen LogP contribution is 2.68. The van der Waals surface area contributed by atoms with Crippen LogP contribution in [0.1, 0.15) is 167 Å². The van der Waals surface area contributed by atoms with Gasteiger partial charge < -0.3 is 108 Å². The van der Waals surface area contributed by atoms with Gasteiger partial charge in [0.2, 0.25) is 5.91 Å². The number of fused-ring (bicyclic) bond motifs is 5. The second kappa shape index (κ2) is 42.7. The molecule has 630 valence electrons. The summed E-state index contributed by atoms with van der Waals surface area (Å²) in [6.07, 6.45) is 4.94. The molecule has 31 heteroatoms. The molecule has 2 aromatic carbocycles. The molecule has 31 nitrogen and oxygen atoms in total. The number of hydrogen-bond donors (Lipinski definition) is 10. The molecule has 2 aromatic rings. The lowest BCUT2D eigenvalue weighted by molar-refractivity contribution is -0.203. The number of carboxylic acids is 1. The summed E-state index contributed by atoms with van der Waals surface area (Å²) >= 11 is 0. The van der Waals surface area contributed by atoms with Gasteiger partial charge in [0.25, 0.3) is 5.91 Å². The van der Waals surface area contributed by atoms with Gasteiger partial charge in [-0.3, -0.25) is 38.6 Å². The number of hydrogen-bond acceptors (Lipinski definition) is 28. The molecule has 5 heterocycles. The Balaban J connectivity index is 0.000000486. The number of aliphatic carboxylic acids is 1. The highest BCUT2D eigenvalue weighted by Gasteiger charge is 2.79. The lowest BCUT2D eigenvalue weighted by Gasteiger charge is -2.63. The molecule has 10 N–H and O–H groups in total. The Morgan fingerprint density at radius 3 is 1.86 bits per heavy atom. The van der Waals surface area contributed by atoms with E-state index in [4.69, 9.17) is 72.5 Å². The zero-order chi connectivity index (χ0) is 82.3. The van der Waals surface area contributed by atoms with Crippen molar-refractivity contribution in [2.45, 2.75) is 234 Å². The Bertz CT molecular complexity index is 3480. The van der Waals surface area contributed by atoms with E-state index in [2.05, 4.69) is 38.6 Å². The average molecular weight is 1580 g/mol. The van der Waals surface area contributed by atoms with Crippen LogP contribution < -0.4 is 20.3 Å². The average Bonchev–Trinajstić information content (AvgIpc) is 1.47. The van der Waals surface area contributed by atoms with Crippen molar-refractivity contribution in [3.05, 3.63) is 76.4 Å². The molecular weight excluding hydrogens is 1460 g/mol. The Labute approximate surface area is 657 Å². The third kappa shape index (κ3) is 20.9. The molecule has 112 heavy (non-hydrogen) atoms. The summed E-state index contributed by atoms with van der Waals surface area (Å²) in [5.41, 5.74) is -0.330. The van der Waals surface area contributed by atoms with Crippen molar-refractivity contribution < 1.29 is 127 Å². The maximum absolute atomic E-state index is 15.6. The fraction of sp³-hybridized carbons (Fsp3) is 0.716. The molecule has 9 rings (SSSR count). The topological polar surface area (TPSA) is 417 Å². The number of carbonyl (C=O) groups excluding carboxylic acids is 6. The number of anilines is 1. The van der Waals surface area contributed by atoms with Crippen LogP contribution in [0, 0.1) is 11.3 Å². The largest absolute Gasteiger partial charge is 0.496 e. The molecule has 5 aliphatic heterocycles. The number of ether oxygens (including phenoxy) is 11. The Morgan fingerprint density at radius 1 is 0.696 bits per heavy atom. The van der Waals surface area contributed by atoms with Crippen LogP contribution in [0.25, 0.3) is 5.57 Å². The molecule has 2 amide bonds. The van der Waals surface area contributed by atoms with E-state index in [1.165, 1.54) is 35.4 Å².